The lowest BCUT2D eigenvalue weighted by atomic mass is 9.81. The molecule has 0 heterocycles. The van der Waals surface area contributed by atoms with Gasteiger partial charge >= 0.3 is 0 Å². The van der Waals surface area contributed by atoms with Crippen molar-refractivity contribution in [3.63, 3.8) is 0 Å². The lowest BCUT2D eigenvalue weighted by Gasteiger charge is -2.21. The quantitative estimate of drug-likeness (QED) is 0.595. The first kappa shape index (κ1) is 19.1. The molecule has 1 unspecified atom stereocenters. The van der Waals surface area contributed by atoms with Crippen molar-refractivity contribution in [1.29, 1.82) is 0 Å². The van der Waals surface area contributed by atoms with Crippen LogP contribution in [0.3, 0.4) is 0 Å². The van der Waals surface area contributed by atoms with E-state index in [1.165, 1.54) is 0 Å². The van der Waals surface area contributed by atoms with Crippen LogP contribution in [-0.4, -0.2) is 11.6 Å². The van der Waals surface area contributed by atoms with Crippen LogP contribution in [-0.2, 0) is 0 Å². The Kier molecular flexibility index (Phi) is 5.94. The third kappa shape index (κ3) is 4.07. The molecule has 0 radical (unpaired) electrons. The number of ketones is 2. The van der Waals surface area contributed by atoms with Crippen molar-refractivity contribution in [1.82, 2.24) is 0 Å². The van der Waals surface area contributed by atoms with Crippen molar-refractivity contribution in [2.24, 2.45) is 0 Å². The molecule has 2 nitrogen and oxygen atoms in total. The summed E-state index contributed by atoms with van der Waals surface area (Å²) < 4.78 is 0. The van der Waals surface area contributed by atoms with Crippen molar-refractivity contribution in [2.75, 3.05) is 0 Å². The summed E-state index contributed by atoms with van der Waals surface area (Å²) in [6, 6.07) is 13.6. The van der Waals surface area contributed by atoms with Gasteiger partial charge in [-0.3, -0.25) is 9.59 Å². The van der Waals surface area contributed by atoms with Crippen LogP contribution in [0.25, 0.3) is 0 Å². The second-order valence-electron chi connectivity index (χ2n) is 7.39. The molecule has 0 saturated heterocycles. The molecule has 0 spiro atoms. The maximum Gasteiger partial charge on any atom is 0.170 e. The third-order valence-corrected chi connectivity index (χ3v) is 4.83. The predicted molar refractivity (Wildman–Crippen MR) is 104 cm³/mol. The molecule has 0 saturated carbocycles. The Labute approximate surface area is 151 Å². The monoisotopic (exact) mass is 336 g/mol. The number of hydrogen-bond acceptors (Lipinski definition) is 2. The lowest BCUT2D eigenvalue weighted by molar-refractivity contribution is 0.0963. The lowest BCUT2D eigenvalue weighted by Crippen LogP contribution is -2.16. The zero-order valence-corrected chi connectivity index (χ0v) is 16.1. The highest BCUT2D eigenvalue weighted by atomic mass is 16.1. The molecule has 2 aromatic rings. The molecule has 25 heavy (non-hydrogen) atoms. The van der Waals surface area contributed by atoms with Crippen LogP contribution in [0.2, 0.25) is 0 Å². The smallest absolute Gasteiger partial charge is 0.170 e. The molecule has 1 atom stereocenters. The average molecular weight is 336 g/mol. The molecule has 0 aliphatic carbocycles. The molecule has 0 N–H and O–H groups in total. The number of carbonyl (C=O) groups excluding carboxylic acids is 2. The minimum Gasteiger partial charge on any atom is -0.295 e. The highest BCUT2D eigenvalue weighted by Gasteiger charge is 2.25. The Balaban J connectivity index is 2.47. The van der Waals surface area contributed by atoms with Gasteiger partial charge in [0.05, 0.1) is 0 Å². The van der Waals surface area contributed by atoms with E-state index in [1.807, 2.05) is 25.1 Å². The van der Waals surface area contributed by atoms with Gasteiger partial charge in [-0.05, 0) is 35.4 Å². The Morgan fingerprint density at radius 3 is 1.64 bits per heavy atom. The van der Waals surface area contributed by atoms with Crippen molar-refractivity contribution >= 4 is 11.6 Å². The fourth-order valence-electron chi connectivity index (χ4n) is 3.21. The molecular formula is C23H28O2. The molecule has 2 heteroatoms. The fraction of sp³-hybridized carbons (Fsp3) is 0.391. The van der Waals surface area contributed by atoms with E-state index < -0.39 is 0 Å². The molecule has 0 aromatic heterocycles. The van der Waals surface area contributed by atoms with E-state index >= 15 is 0 Å². The van der Waals surface area contributed by atoms with Crippen LogP contribution >= 0.6 is 0 Å². The topological polar surface area (TPSA) is 34.1 Å². The number of benzene rings is 2. The fourth-order valence-corrected chi connectivity index (χ4v) is 3.21. The number of Topliss-reactive ketones (excluding diaryl/α,β-unsaturated/α-hetero) is 2. The van der Waals surface area contributed by atoms with E-state index in [4.69, 9.17) is 0 Å². The second kappa shape index (κ2) is 7.77. The molecule has 2 aromatic carbocycles. The van der Waals surface area contributed by atoms with Crippen molar-refractivity contribution in [2.45, 2.75) is 59.3 Å². The SMILES string of the molecule is CC(=O)c1ccc(C(C)C(=O)c2c(C(C)C)cccc2C(C)C)cc1. The summed E-state index contributed by atoms with van der Waals surface area (Å²) in [5.74, 6) is 0.551. The number of hydrogen-bond donors (Lipinski definition) is 0. The van der Waals surface area contributed by atoms with Gasteiger partial charge in [0.15, 0.2) is 11.6 Å². The summed E-state index contributed by atoms with van der Waals surface area (Å²) in [5.41, 5.74) is 4.72. The van der Waals surface area contributed by atoms with Gasteiger partial charge in [0, 0.05) is 17.0 Å². The predicted octanol–water partition coefficient (Wildman–Crippen LogP) is 6.12. The van der Waals surface area contributed by atoms with Gasteiger partial charge < -0.3 is 0 Å². The minimum absolute atomic E-state index is 0.0396. The molecule has 0 aliphatic heterocycles. The van der Waals surface area contributed by atoms with E-state index in [9.17, 15) is 9.59 Å². The third-order valence-electron chi connectivity index (χ3n) is 4.83. The molecule has 0 bridgehead atoms. The number of carbonyl (C=O) groups is 2. The Morgan fingerprint density at radius 1 is 0.760 bits per heavy atom. The standard InChI is InChI=1S/C23H28O2/c1-14(2)20-8-7-9-21(15(3)4)22(20)23(25)16(5)18-10-12-19(13-11-18)17(6)24/h7-16H,1-6H3. The summed E-state index contributed by atoms with van der Waals surface area (Å²) in [5, 5.41) is 0. The van der Waals surface area contributed by atoms with E-state index in [0.29, 0.717) is 17.4 Å². The van der Waals surface area contributed by atoms with Gasteiger partial charge in [-0.1, -0.05) is 77.1 Å². The van der Waals surface area contributed by atoms with E-state index in [-0.39, 0.29) is 17.5 Å². The molecule has 0 amide bonds. The first-order valence-electron chi connectivity index (χ1n) is 9.02. The van der Waals surface area contributed by atoms with Crippen LogP contribution in [0, 0.1) is 0 Å². The summed E-state index contributed by atoms with van der Waals surface area (Å²) in [4.78, 5) is 24.8. The first-order chi connectivity index (χ1) is 11.7. The van der Waals surface area contributed by atoms with Crippen LogP contribution < -0.4 is 0 Å². The van der Waals surface area contributed by atoms with E-state index in [0.717, 1.165) is 22.3 Å². The molecular weight excluding hydrogens is 308 g/mol. The van der Waals surface area contributed by atoms with Gasteiger partial charge in [0.25, 0.3) is 0 Å². The van der Waals surface area contributed by atoms with Crippen molar-refractivity contribution in [3.8, 4) is 0 Å². The molecule has 132 valence electrons. The van der Waals surface area contributed by atoms with Crippen LogP contribution in [0.4, 0.5) is 0 Å². The summed E-state index contributed by atoms with van der Waals surface area (Å²) >= 11 is 0. The highest BCUT2D eigenvalue weighted by Crippen LogP contribution is 2.32. The van der Waals surface area contributed by atoms with Gasteiger partial charge in [0.1, 0.15) is 0 Å². The minimum atomic E-state index is -0.238. The van der Waals surface area contributed by atoms with Crippen molar-refractivity contribution < 1.29 is 9.59 Å². The Morgan fingerprint density at radius 2 is 1.24 bits per heavy atom. The summed E-state index contributed by atoms with van der Waals surface area (Å²) in [6.07, 6.45) is 0. The molecule has 0 fully saturated rings. The first-order valence-corrected chi connectivity index (χ1v) is 9.02. The van der Waals surface area contributed by atoms with Gasteiger partial charge in [0.2, 0.25) is 0 Å². The van der Waals surface area contributed by atoms with Crippen LogP contribution in [0.15, 0.2) is 42.5 Å². The van der Waals surface area contributed by atoms with E-state index in [2.05, 4.69) is 39.8 Å². The summed E-state index contributed by atoms with van der Waals surface area (Å²) in [6.45, 7) is 12.0. The van der Waals surface area contributed by atoms with E-state index in [1.54, 1.807) is 19.1 Å². The highest BCUT2D eigenvalue weighted by molar-refractivity contribution is 6.03. The Hall–Kier alpha value is -2.22. The van der Waals surface area contributed by atoms with Crippen LogP contribution in [0.5, 0.6) is 0 Å². The molecule has 2 rings (SSSR count). The molecule has 0 aliphatic rings. The maximum atomic E-state index is 13.3. The normalized spacial score (nSPS) is 12.5. The summed E-state index contributed by atoms with van der Waals surface area (Å²) in [7, 11) is 0. The van der Waals surface area contributed by atoms with Gasteiger partial charge in [-0.15, -0.1) is 0 Å². The van der Waals surface area contributed by atoms with Crippen molar-refractivity contribution in [3.05, 3.63) is 70.3 Å². The number of rotatable bonds is 6. The van der Waals surface area contributed by atoms with Gasteiger partial charge in [-0.2, -0.15) is 0 Å². The second-order valence-corrected chi connectivity index (χ2v) is 7.39. The van der Waals surface area contributed by atoms with Gasteiger partial charge in [-0.25, -0.2) is 0 Å². The zero-order chi connectivity index (χ0) is 18.7. The zero-order valence-electron chi connectivity index (χ0n) is 16.1. The maximum absolute atomic E-state index is 13.3. The Bertz CT molecular complexity index is 741. The van der Waals surface area contributed by atoms with Crippen LogP contribution in [0.1, 0.15) is 96.7 Å². The average Bonchev–Trinajstić information content (AvgIpc) is 2.59. The largest absolute Gasteiger partial charge is 0.295 e.